The molecule has 0 saturated carbocycles. The molecule has 2 saturated heterocycles. The van der Waals surface area contributed by atoms with E-state index in [-0.39, 0.29) is 12.4 Å². The van der Waals surface area contributed by atoms with Crippen LogP contribution in [0.25, 0.3) is 0 Å². The van der Waals surface area contributed by atoms with Crippen molar-refractivity contribution < 1.29 is 4.74 Å². The van der Waals surface area contributed by atoms with Gasteiger partial charge in [0.25, 0.3) is 0 Å². The Bertz CT molecular complexity index is 427. The van der Waals surface area contributed by atoms with Gasteiger partial charge in [0.15, 0.2) is 0 Å². The molecule has 0 spiro atoms. The number of halogens is 1. The molecule has 4 heteroatoms. The van der Waals surface area contributed by atoms with Crippen molar-refractivity contribution in [1.29, 1.82) is 0 Å². The molecule has 1 aromatic carbocycles. The lowest BCUT2D eigenvalue weighted by Gasteiger charge is -2.35. The Labute approximate surface area is 128 Å². The fourth-order valence-electron chi connectivity index (χ4n) is 3.44. The number of nitrogens with one attached hydrogen (secondary N) is 1. The summed E-state index contributed by atoms with van der Waals surface area (Å²) in [6, 6.07) is 9.23. The van der Waals surface area contributed by atoms with E-state index in [1.54, 1.807) is 0 Å². The lowest BCUT2D eigenvalue weighted by molar-refractivity contribution is 0.154. The summed E-state index contributed by atoms with van der Waals surface area (Å²) in [6.07, 6.45) is 2.63. The molecular formula is C16H25ClN2O. The first-order valence-corrected chi connectivity index (χ1v) is 7.53. The summed E-state index contributed by atoms with van der Waals surface area (Å²) >= 11 is 0. The quantitative estimate of drug-likeness (QED) is 0.924. The van der Waals surface area contributed by atoms with Crippen LogP contribution < -0.4 is 10.1 Å². The fourth-order valence-corrected chi connectivity index (χ4v) is 3.44. The standard InChI is InChI=1S/C16H24N2O.ClH/c1-2-19-16-6-4-3-5-14(16)12-18-10-8-15-13(11-18)7-9-17-15;/h3-6,13,15,17H,2,7-12H2,1H3;1H. The summed E-state index contributed by atoms with van der Waals surface area (Å²) < 4.78 is 5.73. The van der Waals surface area contributed by atoms with Gasteiger partial charge >= 0.3 is 0 Å². The zero-order valence-electron chi connectivity index (χ0n) is 12.2. The van der Waals surface area contributed by atoms with Crippen LogP contribution in [0.15, 0.2) is 24.3 Å². The van der Waals surface area contributed by atoms with Gasteiger partial charge in [0.2, 0.25) is 0 Å². The maximum Gasteiger partial charge on any atom is 0.123 e. The van der Waals surface area contributed by atoms with E-state index >= 15 is 0 Å². The van der Waals surface area contributed by atoms with Gasteiger partial charge in [0, 0.05) is 24.7 Å². The summed E-state index contributed by atoms with van der Waals surface area (Å²) in [5.41, 5.74) is 1.33. The molecule has 112 valence electrons. The molecule has 0 aliphatic carbocycles. The lowest BCUT2D eigenvalue weighted by Crippen LogP contribution is -2.43. The van der Waals surface area contributed by atoms with Crippen LogP contribution in [0.2, 0.25) is 0 Å². The Morgan fingerprint density at radius 1 is 1.30 bits per heavy atom. The molecule has 0 aromatic heterocycles. The highest BCUT2D eigenvalue weighted by atomic mass is 35.5. The first-order valence-electron chi connectivity index (χ1n) is 7.53. The molecule has 0 amide bonds. The van der Waals surface area contributed by atoms with Crippen molar-refractivity contribution in [3.8, 4) is 5.75 Å². The van der Waals surface area contributed by atoms with Crippen molar-refractivity contribution in [3.63, 3.8) is 0 Å². The van der Waals surface area contributed by atoms with E-state index in [0.29, 0.717) is 0 Å². The van der Waals surface area contributed by atoms with Crippen molar-refractivity contribution in [1.82, 2.24) is 10.2 Å². The summed E-state index contributed by atoms with van der Waals surface area (Å²) in [4.78, 5) is 2.59. The molecule has 2 aliphatic heterocycles. The molecule has 1 aromatic rings. The van der Waals surface area contributed by atoms with Gasteiger partial charge in [-0.3, -0.25) is 4.90 Å². The van der Waals surface area contributed by atoms with Crippen LogP contribution in [0.4, 0.5) is 0 Å². The highest BCUT2D eigenvalue weighted by Gasteiger charge is 2.32. The monoisotopic (exact) mass is 296 g/mol. The topological polar surface area (TPSA) is 24.5 Å². The van der Waals surface area contributed by atoms with Gasteiger partial charge in [-0.15, -0.1) is 12.4 Å². The van der Waals surface area contributed by atoms with Crippen LogP contribution in [-0.4, -0.2) is 37.2 Å². The maximum atomic E-state index is 5.73. The zero-order chi connectivity index (χ0) is 13.1. The van der Waals surface area contributed by atoms with Gasteiger partial charge in [0.1, 0.15) is 5.75 Å². The van der Waals surface area contributed by atoms with Gasteiger partial charge in [-0.2, -0.15) is 0 Å². The smallest absolute Gasteiger partial charge is 0.123 e. The molecule has 1 N–H and O–H groups in total. The van der Waals surface area contributed by atoms with Crippen LogP contribution in [0.3, 0.4) is 0 Å². The van der Waals surface area contributed by atoms with Crippen LogP contribution in [-0.2, 0) is 6.54 Å². The molecule has 20 heavy (non-hydrogen) atoms. The predicted octanol–water partition coefficient (Wildman–Crippen LogP) is 2.69. The highest BCUT2D eigenvalue weighted by Crippen LogP contribution is 2.27. The molecule has 2 heterocycles. The summed E-state index contributed by atoms with van der Waals surface area (Å²) in [7, 11) is 0. The third-order valence-electron chi connectivity index (χ3n) is 4.41. The second-order valence-corrected chi connectivity index (χ2v) is 5.67. The van der Waals surface area contributed by atoms with E-state index in [2.05, 4.69) is 34.5 Å². The normalized spacial score (nSPS) is 25.9. The van der Waals surface area contributed by atoms with Crippen LogP contribution in [0.5, 0.6) is 5.75 Å². The maximum absolute atomic E-state index is 5.73. The van der Waals surface area contributed by atoms with Gasteiger partial charge in [-0.1, -0.05) is 18.2 Å². The number of fused-ring (bicyclic) bond motifs is 1. The van der Waals surface area contributed by atoms with E-state index in [0.717, 1.165) is 30.9 Å². The second kappa shape index (κ2) is 7.30. The molecule has 2 unspecified atom stereocenters. The zero-order valence-corrected chi connectivity index (χ0v) is 13.0. The third-order valence-corrected chi connectivity index (χ3v) is 4.41. The SMILES string of the molecule is CCOc1ccccc1CN1CCC2NCCC2C1.Cl. The molecule has 2 atom stereocenters. The number of nitrogens with zero attached hydrogens (tertiary/aromatic N) is 1. The summed E-state index contributed by atoms with van der Waals surface area (Å²) in [6.45, 7) is 7.46. The minimum Gasteiger partial charge on any atom is -0.494 e. The number of hydrogen-bond acceptors (Lipinski definition) is 3. The number of ether oxygens (including phenoxy) is 1. The predicted molar refractivity (Wildman–Crippen MR) is 84.7 cm³/mol. The van der Waals surface area contributed by atoms with Gasteiger partial charge < -0.3 is 10.1 Å². The lowest BCUT2D eigenvalue weighted by atomic mass is 9.93. The van der Waals surface area contributed by atoms with Gasteiger partial charge in [0.05, 0.1) is 6.61 Å². The Hall–Kier alpha value is -0.770. The van der Waals surface area contributed by atoms with E-state index in [1.807, 2.05) is 6.92 Å². The molecule has 3 rings (SSSR count). The number of rotatable bonds is 4. The minimum absolute atomic E-state index is 0. The Morgan fingerprint density at radius 3 is 3.00 bits per heavy atom. The first-order chi connectivity index (χ1) is 9.36. The van der Waals surface area contributed by atoms with Crippen molar-refractivity contribution in [3.05, 3.63) is 29.8 Å². The molecule has 0 radical (unpaired) electrons. The Kier molecular flexibility index (Phi) is 5.70. The van der Waals surface area contributed by atoms with Gasteiger partial charge in [-0.05, 0) is 44.8 Å². The number of para-hydroxylation sites is 1. The number of piperidine rings is 1. The minimum atomic E-state index is 0. The molecule has 2 aliphatic rings. The summed E-state index contributed by atoms with van der Waals surface area (Å²) in [5.74, 6) is 1.91. The summed E-state index contributed by atoms with van der Waals surface area (Å²) in [5, 5.41) is 3.62. The number of likely N-dealkylation sites (tertiary alicyclic amines) is 1. The third kappa shape index (κ3) is 3.46. The largest absolute Gasteiger partial charge is 0.494 e. The van der Waals surface area contributed by atoms with E-state index < -0.39 is 0 Å². The number of hydrogen-bond donors (Lipinski definition) is 1. The van der Waals surface area contributed by atoms with Crippen LogP contribution >= 0.6 is 12.4 Å². The van der Waals surface area contributed by atoms with Crippen molar-refractivity contribution in [2.45, 2.75) is 32.4 Å². The molecule has 0 bridgehead atoms. The van der Waals surface area contributed by atoms with Crippen molar-refractivity contribution in [2.24, 2.45) is 5.92 Å². The molecule has 3 nitrogen and oxygen atoms in total. The van der Waals surface area contributed by atoms with Crippen molar-refractivity contribution in [2.75, 3.05) is 26.2 Å². The van der Waals surface area contributed by atoms with Crippen LogP contribution in [0.1, 0.15) is 25.3 Å². The van der Waals surface area contributed by atoms with E-state index in [4.69, 9.17) is 4.74 Å². The Morgan fingerprint density at radius 2 is 2.15 bits per heavy atom. The van der Waals surface area contributed by atoms with Gasteiger partial charge in [-0.25, -0.2) is 0 Å². The fraction of sp³-hybridized carbons (Fsp3) is 0.625. The number of benzene rings is 1. The van der Waals surface area contributed by atoms with Crippen LogP contribution in [0, 0.1) is 5.92 Å². The molecular weight excluding hydrogens is 272 g/mol. The second-order valence-electron chi connectivity index (χ2n) is 5.67. The molecule has 2 fully saturated rings. The average Bonchev–Trinajstić information content (AvgIpc) is 2.89. The first kappa shape index (κ1) is 15.6. The average molecular weight is 297 g/mol. The Balaban J connectivity index is 0.00000147. The van der Waals surface area contributed by atoms with Crippen molar-refractivity contribution >= 4 is 12.4 Å². The van der Waals surface area contributed by atoms with E-state index in [9.17, 15) is 0 Å². The van der Waals surface area contributed by atoms with E-state index in [1.165, 1.54) is 38.0 Å². The highest BCUT2D eigenvalue weighted by molar-refractivity contribution is 5.85.